The van der Waals surface area contributed by atoms with Crippen LogP contribution in [0.3, 0.4) is 0 Å². The van der Waals surface area contributed by atoms with Crippen LogP contribution in [-0.4, -0.2) is 11.9 Å². The summed E-state index contributed by atoms with van der Waals surface area (Å²) in [5, 5.41) is 6.40. The second kappa shape index (κ2) is 6.20. The van der Waals surface area contributed by atoms with Gasteiger partial charge in [0.05, 0.1) is 0 Å². The van der Waals surface area contributed by atoms with Crippen molar-refractivity contribution in [2.45, 2.75) is 46.2 Å². The van der Waals surface area contributed by atoms with Gasteiger partial charge in [-0.1, -0.05) is 32.9 Å². The van der Waals surface area contributed by atoms with Gasteiger partial charge in [0.15, 0.2) is 0 Å². The number of nitrogens with one attached hydrogen (secondary N) is 2. The number of anilines is 1. The van der Waals surface area contributed by atoms with Crippen molar-refractivity contribution in [3.63, 3.8) is 0 Å². The molecule has 0 spiro atoms. The number of hydrogen-bond donors (Lipinski definition) is 2. The Morgan fingerprint density at radius 2 is 2.05 bits per heavy atom. The molecule has 19 heavy (non-hydrogen) atoms. The number of carbonyl (C=O) groups is 1. The normalized spacial score (nSPS) is 16.4. The number of hydrogen-bond acceptors (Lipinski definition) is 2. The fourth-order valence-electron chi connectivity index (χ4n) is 2.15. The van der Waals surface area contributed by atoms with Crippen LogP contribution in [0.1, 0.15) is 39.2 Å². The van der Waals surface area contributed by atoms with E-state index in [1.165, 1.54) is 18.4 Å². The summed E-state index contributed by atoms with van der Waals surface area (Å²) in [6, 6.07) is 8.54. The van der Waals surface area contributed by atoms with Crippen LogP contribution in [-0.2, 0) is 11.3 Å². The van der Waals surface area contributed by atoms with Crippen molar-refractivity contribution < 1.29 is 4.79 Å². The summed E-state index contributed by atoms with van der Waals surface area (Å²) in [5.41, 5.74) is 2.10. The second-order valence-corrected chi connectivity index (χ2v) is 5.85. The molecule has 0 aromatic heterocycles. The molecule has 0 aliphatic heterocycles. The van der Waals surface area contributed by atoms with E-state index in [2.05, 4.69) is 30.5 Å². The zero-order valence-corrected chi connectivity index (χ0v) is 12.1. The van der Waals surface area contributed by atoms with Gasteiger partial charge in [0.1, 0.15) is 0 Å². The van der Waals surface area contributed by atoms with Crippen LogP contribution in [0, 0.1) is 11.8 Å². The molecule has 0 bridgehead atoms. The highest BCUT2D eigenvalue weighted by Crippen LogP contribution is 2.37. The third kappa shape index (κ3) is 4.35. The molecule has 3 heteroatoms. The lowest BCUT2D eigenvalue weighted by Crippen LogP contribution is -2.23. The van der Waals surface area contributed by atoms with Gasteiger partial charge < -0.3 is 10.6 Å². The third-order valence-corrected chi connectivity index (χ3v) is 3.65. The van der Waals surface area contributed by atoms with Gasteiger partial charge in [-0.3, -0.25) is 4.79 Å². The molecule has 1 unspecified atom stereocenters. The van der Waals surface area contributed by atoms with Crippen molar-refractivity contribution in [2.75, 3.05) is 5.32 Å². The van der Waals surface area contributed by atoms with E-state index < -0.39 is 0 Å². The molecule has 1 fully saturated rings. The van der Waals surface area contributed by atoms with Crippen LogP contribution in [0.15, 0.2) is 24.3 Å². The lowest BCUT2D eigenvalue weighted by Gasteiger charge is -2.13. The monoisotopic (exact) mass is 260 g/mol. The Balaban J connectivity index is 1.92. The van der Waals surface area contributed by atoms with Crippen molar-refractivity contribution in [1.29, 1.82) is 0 Å². The Labute approximate surface area is 115 Å². The maximum Gasteiger partial charge on any atom is 0.227 e. The Kier molecular flexibility index (Phi) is 4.59. The van der Waals surface area contributed by atoms with Gasteiger partial charge in [0.25, 0.3) is 0 Å². The van der Waals surface area contributed by atoms with Gasteiger partial charge in [-0.15, -0.1) is 0 Å². The first kappa shape index (κ1) is 14.1. The van der Waals surface area contributed by atoms with Crippen molar-refractivity contribution in [3.05, 3.63) is 29.8 Å². The van der Waals surface area contributed by atoms with Crippen LogP contribution in [0.25, 0.3) is 0 Å². The zero-order valence-electron chi connectivity index (χ0n) is 12.1. The van der Waals surface area contributed by atoms with E-state index in [4.69, 9.17) is 0 Å². The summed E-state index contributed by atoms with van der Waals surface area (Å²) < 4.78 is 0. The molecule has 3 nitrogen and oxygen atoms in total. The van der Waals surface area contributed by atoms with Gasteiger partial charge in [-0.05, 0) is 36.5 Å². The number of benzene rings is 1. The minimum atomic E-state index is 0.137. The second-order valence-electron chi connectivity index (χ2n) is 5.85. The first-order valence-electron chi connectivity index (χ1n) is 7.19. The molecule has 0 radical (unpaired) electrons. The van der Waals surface area contributed by atoms with E-state index in [1.807, 2.05) is 25.1 Å². The first-order chi connectivity index (χ1) is 9.06. The quantitative estimate of drug-likeness (QED) is 0.825. The largest absolute Gasteiger partial charge is 0.326 e. The van der Waals surface area contributed by atoms with Crippen LogP contribution >= 0.6 is 0 Å². The minimum Gasteiger partial charge on any atom is -0.326 e. The highest BCUT2D eigenvalue weighted by atomic mass is 16.1. The number of rotatable bonds is 6. The molecule has 104 valence electrons. The third-order valence-electron chi connectivity index (χ3n) is 3.65. The molecule has 1 aromatic carbocycles. The van der Waals surface area contributed by atoms with E-state index in [0.29, 0.717) is 12.0 Å². The van der Waals surface area contributed by atoms with Crippen LogP contribution in [0.5, 0.6) is 0 Å². The van der Waals surface area contributed by atoms with Crippen molar-refractivity contribution in [1.82, 2.24) is 5.32 Å². The molecule has 1 aliphatic carbocycles. The standard InChI is InChI=1S/C16H24N2O/c1-11(2)17-10-13-5-4-6-15(9-13)18-16(19)12(3)14-7-8-14/h4-6,9,11-12,14,17H,7-8,10H2,1-3H3,(H,18,19). The zero-order chi connectivity index (χ0) is 13.8. The average Bonchev–Trinajstić information content (AvgIpc) is 3.20. The fraction of sp³-hybridized carbons (Fsp3) is 0.562. The Bertz CT molecular complexity index is 438. The van der Waals surface area contributed by atoms with E-state index >= 15 is 0 Å². The summed E-state index contributed by atoms with van der Waals surface area (Å²) in [7, 11) is 0. The van der Waals surface area contributed by atoms with Gasteiger partial charge in [0.2, 0.25) is 5.91 Å². The topological polar surface area (TPSA) is 41.1 Å². The van der Waals surface area contributed by atoms with Gasteiger partial charge in [-0.2, -0.15) is 0 Å². The van der Waals surface area contributed by atoms with Gasteiger partial charge in [0, 0.05) is 24.2 Å². The van der Waals surface area contributed by atoms with Crippen LogP contribution in [0.2, 0.25) is 0 Å². The molecule has 2 rings (SSSR count). The molecule has 1 saturated carbocycles. The minimum absolute atomic E-state index is 0.137. The van der Waals surface area contributed by atoms with Gasteiger partial charge in [-0.25, -0.2) is 0 Å². The summed E-state index contributed by atoms with van der Waals surface area (Å²) in [4.78, 5) is 12.0. The summed E-state index contributed by atoms with van der Waals surface area (Å²) in [6.07, 6.45) is 2.40. The summed E-state index contributed by atoms with van der Waals surface area (Å²) >= 11 is 0. The Morgan fingerprint density at radius 1 is 1.32 bits per heavy atom. The summed E-state index contributed by atoms with van der Waals surface area (Å²) in [5.74, 6) is 0.889. The van der Waals surface area contributed by atoms with E-state index in [-0.39, 0.29) is 11.8 Å². The highest BCUT2D eigenvalue weighted by molar-refractivity contribution is 5.92. The van der Waals surface area contributed by atoms with Gasteiger partial charge >= 0.3 is 0 Å². The Hall–Kier alpha value is -1.35. The lowest BCUT2D eigenvalue weighted by molar-refractivity contribution is -0.119. The van der Waals surface area contributed by atoms with Crippen LogP contribution in [0.4, 0.5) is 5.69 Å². The molecule has 0 heterocycles. The number of carbonyl (C=O) groups excluding carboxylic acids is 1. The molecule has 1 aliphatic rings. The summed E-state index contributed by atoms with van der Waals surface area (Å²) in [6.45, 7) is 7.11. The maximum absolute atomic E-state index is 12.0. The SMILES string of the molecule is CC(C)NCc1cccc(NC(=O)C(C)C2CC2)c1. The molecule has 2 N–H and O–H groups in total. The molecule has 1 amide bonds. The van der Waals surface area contributed by atoms with E-state index in [9.17, 15) is 4.79 Å². The molecule has 1 aromatic rings. The smallest absolute Gasteiger partial charge is 0.227 e. The molecular weight excluding hydrogens is 236 g/mol. The fourth-order valence-corrected chi connectivity index (χ4v) is 2.15. The van der Waals surface area contributed by atoms with Crippen LogP contribution < -0.4 is 10.6 Å². The Morgan fingerprint density at radius 3 is 2.68 bits per heavy atom. The van der Waals surface area contributed by atoms with E-state index in [0.717, 1.165) is 12.2 Å². The predicted octanol–water partition coefficient (Wildman–Crippen LogP) is 3.17. The first-order valence-corrected chi connectivity index (χ1v) is 7.19. The molecule has 1 atom stereocenters. The highest BCUT2D eigenvalue weighted by Gasteiger charge is 2.32. The van der Waals surface area contributed by atoms with Crippen molar-refractivity contribution in [3.8, 4) is 0 Å². The van der Waals surface area contributed by atoms with Crippen molar-refractivity contribution >= 4 is 11.6 Å². The lowest BCUT2D eigenvalue weighted by atomic mass is 10.1. The number of amides is 1. The maximum atomic E-state index is 12.0. The predicted molar refractivity (Wildman–Crippen MR) is 78.9 cm³/mol. The molecular formula is C16H24N2O. The average molecular weight is 260 g/mol. The molecule has 0 saturated heterocycles. The van der Waals surface area contributed by atoms with E-state index in [1.54, 1.807) is 0 Å². The van der Waals surface area contributed by atoms with Crippen molar-refractivity contribution in [2.24, 2.45) is 11.8 Å².